The van der Waals surface area contributed by atoms with Crippen molar-refractivity contribution in [2.75, 3.05) is 5.75 Å². The number of carbonyl (C=O) groups is 1. The Bertz CT molecular complexity index is 759. The average Bonchev–Trinajstić information content (AvgIpc) is 3.14. The molecule has 0 aliphatic rings. The summed E-state index contributed by atoms with van der Waals surface area (Å²) in [7, 11) is 0. The lowest BCUT2D eigenvalue weighted by Gasteiger charge is -2.11. The zero-order valence-electron chi connectivity index (χ0n) is 12.4. The highest BCUT2D eigenvalue weighted by atomic mass is 32.2. The molecule has 3 aromatic rings. The lowest BCUT2D eigenvalue weighted by atomic mass is 10.1. The summed E-state index contributed by atoms with van der Waals surface area (Å²) in [6, 6.07) is 11.7. The van der Waals surface area contributed by atoms with Crippen LogP contribution in [-0.4, -0.2) is 26.2 Å². The van der Waals surface area contributed by atoms with E-state index in [0.29, 0.717) is 12.3 Å². The lowest BCUT2D eigenvalue weighted by Crippen LogP contribution is -2.25. The molecule has 0 fully saturated rings. The van der Waals surface area contributed by atoms with E-state index >= 15 is 0 Å². The van der Waals surface area contributed by atoms with E-state index in [1.165, 1.54) is 11.8 Å². The summed E-state index contributed by atoms with van der Waals surface area (Å²) in [5.74, 6) is 0.393. The van der Waals surface area contributed by atoms with Crippen LogP contribution in [0.5, 0.6) is 0 Å². The Morgan fingerprint density at radius 3 is 2.70 bits per heavy atom. The number of nitrogens with zero attached hydrogens (tertiary/aromatic N) is 3. The van der Waals surface area contributed by atoms with Crippen LogP contribution >= 0.6 is 11.8 Å². The zero-order valence-corrected chi connectivity index (χ0v) is 13.2. The minimum atomic E-state index is 0.00671. The van der Waals surface area contributed by atoms with Crippen molar-refractivity contribution in [3.63, 3.8) is 0 Å². The molecular formula is C17H16N4OS. The smallest absolute Gasteiger partial charge is 0.230 e. The molecule has 1 aromatic carbocycles. The predicted molar refractivity (Wildman–Crippen MR) is 90.4 cm³/mol. The molecule has 0 saturated heterocycles. The topological polar surface area (TPSA) is 59.8 Å². The van der Waals surface area contributed by atoms with Gasteiger partial charge in [0.15, 0.2) is 0 Å². The van der Waals surface area contributed by atoms with E-state index in [9.17, 15) is 4.79 Å². The second-order valence-electron chi connectivity index (χ2n) is 4.85. The molecule has 0 radical (unpaired) electrons. The summed E-state index contributed by atoms with van der Waals surface area (Å²) in [5.41, 5.74) is 2.07. The Labute approximate surface area is 138 Å². The van der Waals surface area contributed by atoms with Gasteiger partial charge in [-0.05, 0) is 23.8 Å². The highest BCUT2D eigenvalue weighted by Gasteiger charge is 2.06. The van der Waals surface area contributed by atoms with Crippen molar-refractivity contribution in [3.8, 4) is 5.69 Å². The minimum absolute atomic E-state index is 0.00671. The Morgan fingerprint density at radius 2 is 1.91 bits per heavy atom. The second kappa shape index (κ2) is 7.60. The van der Waals surface area contributed by atoms with Crippen LogP contribution < -0.4 is 5.32 Å². The van der Waals surface area contributed by atoms with E-state index in [4.69, 9.17) is 0 Å². The van der Waals surface area contributed by atoms with Crippen molar-refractivity contribution in [1.82, 2.24) is 19.9 Å². The molecule has 0 aliphatic carbocycles. The number of hydrogen-bond acceptors (Lipinski definition) is 4. The molecular weight excluding hydrogens is 308 g/mol. The molecule has 23 heavy (non-hydrogen) atoms. The monoisotopic (exact) mass is 324 g/mol. The predicted octanol–water partition coefficient (Wildman–Crippen LogP) is 2.68. The molecule has 0 atom stereocenters. The van der Waals surface area contributed by atoms with Crippen LogP contribution in [-0.2, 0) is 11.3 Å². The first-order chi connectivity index (χ1) is 11.3. The van der Waals surface area contributed by atoms with Crippen LogP contribution in [0, 0.1) is 0 Å². The molecule has 0 aliphatic heterocycles. The summed E-state index contributed by atoms with van der Waals surface area (Å²) in [6.07, 6.45) is 8.82. The van der Waals surface area contributed by atoms with Gasteiger partial charge < -0.3 is 9.88 Å². The standard InChI is InChI=1S/C17H16N4OS/c22-17(12-23-15-5-7-18-8-6-15)20-11-14-3-1-2-4-16(14)21-10-9-19-13-21/h1-10,13H,11-12H2,(H,20,22). The van der Waals surface area contributed by atoms with Gasteiger partial charge in [0.1, 0.15) is 0 Å². The third-order valence-electron chi connectivity index (χ3n) is 3.27. The molecule has 1 amide bonds. The highest BCUT2D eigenvalue weighted by Crippen LogP contribution is 2.16. The number of nitrogens with one attached hydrogen (secondary N) is 1. The number of amides is 1. The Morgan fingerprint density at radius 1 is 1.09 bits per heavy atom. The first-order valence-corrected chi connectivity index (χ1v) is 8.17. The molecule has 2 aromatic heterocycles. The molecule has 0 saturated carbocycles. The van der Waals surface area contributed by atoms with E-state index in [1.807, 2.05) is 47.2 Å². The van der Waals surface area contributed by atoms with Gasteiger partial charge in [-0.25, -0.2) is 4.98 Å². The normalized spacial score (nSPS) is 10.4. The van der Waals surface area contributed by atoms with Gasteiger partial charge in [0, 0.05) is 36.2 Å². The van der Waals surface area contributed by atoms with Crippen molar-refractivity contribution < 1.29 is 4.79 Å². The van der Waals surface area contributed by atoms with E-state index in [-0.39, 0.29) is 5.91 Å². The summed E-state index contributed by atoms with van der Waals surface area (Å²) in [6.45, 7) is 0.490. The van der Waals surface area contributed by atoms with Crippen molar-refractivity contribution in [2.45, 2.75) is 11.4 Å². The zero-order chi connectivity index (χ0) is 15.9. The first-order valence-electron chi connectivity index (χ1n) is 7.19. The van der Waals surface area contributed by atoms with Crippen LogP contribution in [0.15, 0.2) is 72.4 Å². The number of aromatic nitrogens is 3. The van der Waals surface area contributed by atoms with E-state index in [0.717, 1.165) is 16.1 Å². The van der Waals surface area contributed by atoms with Crippen molar-refractivity contribution in [1.29, 1.82) is 0 Å². The van der Waals surface area contributed by atoms with Gasteiger partial charge in [0.25, 0.3) is 0 Å². The first kappa shape index (κ1) is 15.3. The van der Waals surface area contributed by atoms with Crippen molar-refractivity contribution >= 4 is 17.7 Å². The number of para-hydroxylation sites is 1. The maximum absolute atomic E-state index is 12.0. The molecule has 0 bridgehead atoms. The molecule has 3 rings (SSSR count). The molecule has 116 valence electrons. The maximum Gasteiger partial charge on any atom is 0.230 e. The molecule has 0 unspecified atom stereocenters. The number of thioether (sulfide) groups is 1. The summed E-state index contributed by atoms with van der Waals surface area (Å²) in [4.78, 5) is 21.1. The fourth-order valence-corrected chi connectivity index (χ4v) is 2.86. The molecule has 6 heteroatoms. The van der Waals surface area contributed by atoms with Crippen molar-refractivity contribution in [3.05, 3.63) is 73.1 Å². The summed E-state index contributed by atoms with van der Waals surface area (Å²) >= 11 is 1.50. The third kappa shape index (κ3) is 4.20. The number of carbonyl (C=O) groups excluding carboxylic acids is 1. The van der Waals surface area contributed by atoms with Crippen LogP contribution in [0.2, 0.25) is 0 Å². The fourth-order valence-electron chi connectivity index (χ4n) is 2.14. The van der Waals surface area contributed by atoms with Gasteiger partial charge in [0.05, 0.1) is 17.8 Å². The number of pyridine rings is 1. The van der Waals surface area contributed by atoms with Crippen molar-refractivity contribution in [2.24, 2.45) is 0 Å². The lowest BCUT2D eigenvalue weighted by molar-refractivity contribution is -0.118. The Kier molecular flexibility index (Phi) is 5.06. The van der Waals surface area contributed by atoms with E-state index < -0.39 is 0 Å². The van der Waals surface area contributed by atoms with E-state index in [1.54, 1.807) is 24.9 Å². The Hall–Kier alpha value is -2.60. The summed E-state index contributed by atoms with van der Waals surface area (Å²) < 4.78 is 1.94. The number of hydrogen-bond donors (Lipinski definition) is 1. The minimum Gasteiger partial charge on any atom is -0.351 e. The molecule has 1 N–H and O–H groups in total. The second-order valence-corrected chi connectivity index (χ2v) is 5.90. The quantitative estimate of drug-likeness (QED) is 0.708. The summed E-state index contributed by atoms with van der Waals surface area (Å²) in [5, 5.41) is 2.96. The SMILES string of the molecule is O=C(CSc1ccncc1)NCc1ccccc1-n1ccnc1. The van der Waals surface area contributed by atoms with Crippen LogP contribution in [0.3, 0.4) is 0 Å². The largest absolute Gasteiger partial charge is 0.351 e. The van der Waals surface area contributed by atoms with Gasteiger partial charge in [-0.1, -0.05) is 18.2 Å². The Balaban J connectivity index is 1.57. The van der Waals surface area contributed by atoms with Gasteiger partial charge in [-0.3, -0.25) is 9.78 Å². The fraction of sp³-hybridized carbons (Fsp3) is 0.118. The number of rotatable bonds is 6. The molecule has 2 heterocycles. The molecule has 0 spiro atoms. The number of imidazole rings is 1. The van der Waals surface area contributed by atoms with Gasteiger partial charge in [-0.2, -0.15) is 0 Å². The maximum atomic E-state index is 12.0. The van der Waals surface area contributed by atoms with Gasteiger partial charge >= 0.3 is 0 Å². The molecule has 5 nitrogen and oxygen atoms in total. The van der Waals surface area contributed by atoms with Crippen LogP contribution in [0.25, 0.3) is 5.69 Å². The van der Waals surface area contributed by atoms with Crippen LogP contribution in [0.1, 0.15) is 5.56 Å². The third-order valence-corrected chi connectivity index (χ3v) is 4.28. The number of benzene rings is 1. The van der Waals surface area contributed by atoms with Gasteiger partial charge in [-0.15, -0.1) is 11.8 Å². The van der Waals surface area contributed by atoms with Gasteiger partial charge in [0.2, 0.25) is 5.91 Å². The highest BCUT2D eigenvalue weighted by molar-refractivity contribution is 8.00. The average molecular weight is 324 g/mol. The van der Waals surface area contributed by atoms with E-state index in [2.05, 4.69) is 15.3 Å². The van der Waals surface area contributed by atoms with Crippen LogP contribution in [0.4, 0.5) is 0 Å².